The lowest BCUT2D eigenvalue weighted by Gasteiger charge is -2.30. The predicted molar refractivity (Wildman–Crippen MR) is 86.7 cm³/mol. The van der Waals surface area contributed by atoms with Gasteiger partial charge in [-0.3, -0.25) is 4.79 Å². The molecule has 6 nitrogen and oxygen atoms in total. The first-order valence-corrected chi connectivity index (χ1v) is 8.22. The van der Waals surface area contributed by atoms with Crippen LogP contribution in [-0.4, -0.2) is 68.7 Å². The van der Waals surface area contributed by atoms with Gasteiger partial charge in [-0.15, -0.1) is 0 Å². The number of ether oxygens (including phenoxy) is 1. The molecule has 0 saturated heterocycles. The van der Waals surface area contributed by atoms with Crippen LogP contribution in [0.25, 0.3) is 0 Å². The quantitative estimate of drug-likeness (QED) is 0.727. The first-order valence-electron chi connectivity index (χ1n) is 8.22. The normalized spacial score (nSPS) is 17.1. The highest BCUT2D eigenvalue weighted by atomic mass is 16.5. The minimum absolute atomic E-state index is 0.0653. The van der Waals surface area contributed by atoms with E-state index < -0.39 is 0 Å². The Morgan fingerprint density at radius 1 is 1.18 bits per heavy atom. The molecular weight excluding hydrogens is 282 g/mol. The molecule has 22 heavy (non-hydrogen) atoms. The van der Waals surface area contributed by atoms with Crippen LogP contribution in [0.1, 0.15) is 39.0 Å². The van der Waals surface area contributed by atoms with Gasteiger partial charge in [-0.05, 0) is 26.9 Å². The van der Waals surface area contributed by atoms with Crippen LogP contribution in [0.15, 0.2) is 0 Å². The molecule has 1 fully saturated rings. The molecule has 1 atom stereocenters. The number of nitrogens with zero attached hydrogens (tertiary/aromatic N) is 2. The zero-order valence-electron chi connectivity index (χ0n) is 14.4. The number of urea groups is 1. The minimum atomic E-state index is -0.315. The van der Waals surface area contributed by atoms with E-state index in [9.17, 15) is 9.59 Å². The van der Waals surface area contributed by atoms with Crippen molar-refractivity contribution >= 4 is 12.0 Å². The van der Waals surface area contributed by atoms with Gasteiger partial charge in [-0.25, -0.2) is 4.79 Å². The van der Waals surface area contributed by atoms with Crippen LogP contribution in [0.3, 0.4) is 0 Å². The fourth-order valence-corrected chi connectivity index (χ4v) is 2.72. The summed E-state index contributed by atoms with van der Waals surface area (Å²) in [5.74, 6) is -0.593. The van der Waals surface area contributed by atoms with Crippen molar-refractivity contribution in [3.05, 3.63) is 0 Å². The average molecular weight is 313 g/mol. The molecule has 0 aliphatic heterocycles. The highest BCUT2D eigenvalue weighted by Crippen LogP contribution is 2.17. The number of carbonyl (C=O) groups excluding carboxylic acids is 2. The second-order valence-corrected chi connectivity index (χ2v) is 6.46. The van der Waals surface area contributed by atoms with Crippen LogP contribution in [0, 0.1) is 5.92 Å². The molecule has 0 heterocycles. The number of amides is 2. The maximum Gasteiger partial charge on any atom is 0.317 e. The van der Waals surface area contributed by atoms with Gasteiger partial charge in [0.2, 0.25) is 0 Å². The molecule has 128 valence electrons. The van der Waals surface area contributed by atoms with Gasteiger partial charge >= 0.3 is 12.0 Å². The molecule has 1 aliphatic carbocycles. The smallest absolute Gasteiger partial charge is 0.317 e. The number of methoxy groups -OCH3 is 1. The SMILES string of the molecule is COC(=O)C(C)CN(CCN(C)C)C(=O)NC1CCCCC1. The highest BCUT2D eigenvalue weighted by Gasteiger charge is 2.24. The molecule has 1 rings (SSSR count). The second-order valence-electron chi connectivity index (χ2n) is 6.46. The van der Waals surface area contributed by atoms with Crippen LogP contribution in [-0.2, 0) is 9.53 Å². The summed E-state index contributed by atoms with van der Waals surface area (Å²) in [6, 6.07) is 0.209. The maximum atomic E-state index is 12.5. The molecule has 1 N–H and O–H groups in total. The predicted octanol–water partition coefficient (Wildman–Crippen LogP) is 1.70. The van der Waals surface area contributed by atoms with E-state index in [1.165, 1.54) is 26.4 Å². The molecule has 0 spiro atoms. The van der Waals surface area contributed by atoms with Crippen LogP contribution in [0.2, 0.25) is 0 Å². The Kier molecular flexibility index (Phi) is 8.24. The van der Waals surface area contributed by atoms with E-state index in [0.717, 1.165) is 19.4 Å². The van der Waals surface area contributed by atoms with Crippen molar-refractivity contribution in [2.75, 3.05) is 40.8 Å². The van der Waals surface area contributed by atoms with Crippen molar-refractivity contribution in [1.82, 2.24) is 15.1 Å². The third-order valence-corrected chi connectivity index (χ3v) is 4.13. The zero-order valence-corrected chi connectivity index (χ0v) is 14.4. The van der Waals surface area contributed by atoms with Crippen molar-refractivity contribution < 1.29 is 14.3 Å². The van der Waals surface area contributed by atoms with Crippen molar-refractivity contribution in [2.45, 2.75) is 45.1 Å². The fraction of sp³-hybridized carbons (Fsp3) is 0.875. The van der Waals surface area contributed by atoms with Gasteiger partial charge in [0.15, 0.2) is 0 Å². The van der Waals surface area contributed by atoms with Gasteiger partial charge < -0.3 is 19.9 Å². The lowest BCUT2D eigenvalue weighted by atomic mass is 9.96. The van der Waals surface area contributed by atoms with Crippen molar-refractivity contribution in [3.8, 4) is 0 Å². The Hall–Kier alpha value is -1.30. The lowest BCUT2D eigenvalue weighted by Crippen LogP contribution is -2.49. The van der Waals surface area contributed by atoms with Gasteiger partial charge in [-0.1, -0.05) is 26.2 Å². The van der Waals surface area contributed by atoms with E-state index in [2.05, 4.69) is 5.32 Å². The number of hydrogen-bond acceptors (Lipinski definition) is 4. The summed E-state index contributed by atoms with van der Waals surface area (Å²) < 4.78 is 4.76. The number of rotatable bonds is 7. The lowest BCUT2D eigenvalue weighted by molar-refractivity contribution is -0.145. The monoisotopic (exact) mass is 313 g/mol. The Morgan fingerprint density at radius 2 is 1.82 bits per heavy atom. The Bertz CT molecular complexity index is 355. The summed E-state index contributed by atoms with van der Waals surface area (Å²) >= 11 is 0. The largest absolute Gasteiger partial charge is 0.469 e. The van der Waals surface area contributed by atoms with E-state index in [-0.39, 0.29) is 24.0 Å². The number of esters is 1. The van der Waals surface area contributed by atoms with E-state index in [1.807, 2.05) is 19.0 Å². The summed E-state index contributed by atoms with van der Waals surface area (Å²) in [7, 11) is 5.33. The molecular formula is C16H31N3O3. The van der Waals surface area contributed by atoms with Crippen molar-refractivity contribution in [3.63, 3.8) is 0 Å². The summed E-state index contributed by atoms with van der Waals surface area (Å²) in [5, 5.41) is 3.12. The second kappa shape index (κ2) is 9.66. The van der Waals surface area contributed by atoms with Gasteiger partial charge in [-0.2, -0.15) is 0 Å². The standard InChI is InChI=1S/C16H31N3O3/c1-13(15(20)22-4)12-19(11-10-18(2)3)16(21)17-14-8-6-5-7-9-14/h13-14H,5-12H2,1-4H3,(H,17,21). The zero-order chi connectivity index (χ0) is 16.5. The molecule has 0 aromatic carbocycles. The topological polar surface area (TPSA) is 61.9 Å². The number of nitrogens with one attached hydrogen (secondary N) is 1. The van der Waals surface area contributed by atoms with Crippen LogP contribution in [0.4, 0.5) is 4.79 Å². The number of likely N-dealkylation sites (N-methyl/N-ethyl adjacent to an activating group) is 1. The van der Waals surface area contributed by atoms with Gasteiger partial charge in [0.25, 0.3) is 0 Å². The van der Waals surface area contributed by atoms with Crippen LogP contribution >= 0.6 is 0 Å². The average Bonchev–Trinajstić information content (AvgIpc) is 2.50. The number of hydrogen-bond donors (Lipinski definition) is 1. The summed E-state index contributed by atoms with van der Waals surface area (Å²) in [5.41, 5.74) is 0. The van der Waals surface area contributed by atoms with Crippen LogP contribution < -0.4 is 5.32 Å². The third-order valence-electron chi connectivity index (χ3n) is 4.13. The molecule has 0 aromatic rings. The molecule has 2 amide bonds. The Morgan fingerprint density at radius 3 is 2.36 bits per heavy atom. The summed E-state index contributed by atoms with van der Waals surface area (Å²) in [6.07, 6.45) is 5.73. The van der Waals surface area contributed by atoms with Crippen LogP contribution in [0.5, 0.6) is 0 Å². The van der Waals surface area contributed by atoms with E-state index >= 15 is 0 Å². The summed E-state index contributed by atoms with van der Waals surface area (Å²) in [4.78, 5) is 27.9. The van der Waals surface area contributed by atoms with Gasteiger partial charge in [0.05, 0.1) is 13.0 Å². The summed E-state index contributed by atoms with van der Waals surface area (Å²) in [6.45, 7) is 3.56. The third kappa shape index (κ3) is 6.64. The van der Waals surface area contributed by atoms with E-state index in [1.54, 1.807) is 11.8 Å². The van der Waals surface area contributed by atoms with Gasteiger partial charge in [0.1, 0.15) is 0 Å². The molecule has 6 heteroatoms. The molecule has 1 aliphatic rings. The first kappa shape index (κ1) is 18.7. The minimum Gasteiger partial charge on any atom is -0.469 e. The van der Waals surface area contributed by atoms with E-state index in [4.69, 9.17) is 4.74 Å². The molecule has 1 unspecified atom stereocenters. The van der Waals surface area contributed by atoms with E-state index in [0.29, 0.717) is 13.1 Å². The van der Waals surface area contributed by atoms with Crippen molar-refractivity contribution in [1.29, 1.82) is 0 Å². The fourth-order valence-electron chi connectivity index (χ4n) is 2.72. The molecule has 1 saturated carbocycles. The highest BCUT2D eigenvalue weighted by molar-refractivity contribution is 5.76. The molecule has 0 bridgehead atoms. The molecule has 0 radical (unpaired) electrons. The number of carbonyl (C=O) groups is 2. The first-order chi connectivity index (χ1) is 10.4. The molecule has 0 aromatic heterocycles. The van der Waals surface area contributed by atoms with Gasteiger partial charge in [0, 0.05) is 25.7 Å². The Balaban J connectivity index is 2.57. The maximum absolute atomic E-state index is 12.5. The van der Waals surface area contributed by atoms with Crippen molar-refractivity contribution in [2.24, 2.45) is 5.92 Å². The Labute approximate surface area is 134 Å².